The minimum absolute atomic E-state index is 0.147. The molecule has 3 rings (SSSR count). The zero-order valence-corrected chi connectivity index (χ0v) is 18.2. The number of ether oxygens (including phenoxy) is 2. The van der Waals surface area contributed by atoms with Gasteiger partial charge in [0.2, 0.25) is 10.0 Å². The summed E-state index contributed by atoms with van der Waals surface area (Å²) in [6.45, 7) is 0.778. The van der Waals surface area contributed by atoms with Gasteiger partial charge in [0, 0.05) is 13.1 Å². The van der Waals surface area contributed by atoms with E-state index in [-0.39, 0.29) is 19.0 Å². The van der Waals surface area contributed by atoms with E-state index < -0.39 is 15.9 Å². The zero-order chi connectivity index (χ0) is 21.2. The van der Waals surface area contributed by atoms with Crippen LogP contribution >= 0.6 is 11.3 Å². The number of carbonyl (C=O) groups excluding carboxylic acids is 1. The van der Waals surface area contributed by atoms with Gasteiger partial charge < -0.3 is 14.0 Å². The van der Waals surface area contributed by atoms with Crippen molar-refractivity contribution in [1.29, 1.82) is 0 Å². The number of amides is 1. The topological polar surface area (TPSA) is 90.2 Å². The largest absolute Gasteiger partial charge is 0.495 e. The van der Waals surface area contributed by atoms with Crippen LogP contribution in [0.3, 0.4) is 0 Å². The molecule has 1 aromatic heterocycles. The Morgan fingerprint density at radius 2 is 2.03 bits per heavy atom. The monoisotopic (exact) mass is 437 g/mol. The van der Waals surface area contributed by atoms with Crippen LogP contribution in [0.25, 0.3) is 10.2 Å². The van der Waals surface area contributed by atoms with Crippen molar-refractivity contribution in [3.8, 4) is 23.8 Å². The standard InChI is InChI=1S/C19H23N3O5S2/c1-5-10-22-16-14(26-2)8-9-15(27-3)17(16)28-19(22)20-18(23)13-7-6-11-21(12-13)29(4,24)25/h1,8-9,13H,6-7,10-12H2,2-4H3. The van der Waals surface area contributed by atoms with Crippen LogP contribution in [0, 0.1) is 18.3 Å². The number of sulfonamides is 1. The Bertz CT molecular complexity index is 1140. The first-order valence-electron chi connectivity index (χ1n) is 9.01. The maximum absolute atomic E-state index is 12.9. The summed E-state index contributed by atoms with van der Waals surface area (Å²) in [5.41, 5.74) is 0.711. The van der Waals surface area contributed by atoms with E-state index in [1.54, 1.807) is 30.9 Å². The number of rotatable bonds is 5. The van der Waals surface area contributed by atoms with Crippen molar-refractivity contribution in [2.45, 2.75) is 19.4 Å². The minimum Gasteiger partial charge on any atom is -0.495 e. The first-order valence-corrected chi connectivity index (χ1v) is 11.7. The molecule has 0 spiro atoms. The summed E-state index contributed by atoms with van der Waals surface area (Å²) in [7, 11) is -0.219. The van der Waals surface area contributed by atoms with E-state index in [9.17, 15) is 13.2 Å². The molecule has 0 N–H and O–H groups in total. The second-order valence-electron chi connectivity index (χ2n) is 6.73. The Labute approximate surface area is 173 Å². The summed E-state index contributed by atoms with van der Waals surface area (Å²) in [4.78, 5) is 17.6. The molecule has 0 bridgehead atoms. The van der Waals surface area contributed by atoms with Crippen molar-refractivity contribution in [2.75, 3.05) is 33.6 Å². The van der Waals surface area contributed by atoms with Gasteiger partial charge in [-0.3, -0.25) is 4.79 Å². The number of hydrogen-bond acceptors (Lipinski definition) is 6. The Morgan fingerprint density at radius 3 is 2.66 bits per heavy atom. The maximum Gasteiger partial charge on any atom is 0.252 e. The molecule has 0 aliphatic carbocycles. The molecule has 29 heavy (non-hydrogen) atoms. The van der Waals surface area contributed by atoms with Gasteiger partial charge >= 0.3 is 0 Å². The lowest BCUT2D eigenvalue weighted by atomic mass is 9.99. The maximum atomic E-state index is 12.9. The van der Waals surface area contributed by atoms with E-state index >= 15 is 0 Å². The molecule has 156 valence electrons. The van der Waals surface area contributed by atoms with Crippen molar-refractivity contribution >= 4 is 37.5 Å². The lowest BCUT2D eigenvalue weighted by molar-refractivity contribution is -0.122. The van der Waals surface area contributed by atoms with Crippen LogP contribution in [0.5, 0.6) is 11.5 Å². The first kappa shape index (κ1) is 21.4. The minimum atomic E-state index is -3.34. The van der Waals surface area contributed by atoms with Crippen LogP contribution in [0.15, 0.2) is 17.1 Å². The van der Waals surface area contributed by atoms with Gasteiger partial charge in [-0.2, -0.15) is 4.99 Å². The van der Waals surface area contributed by atoms with E-state index in [1.807, 2.05) is 0 Å². The summed E-state index contributed by atoms with van der Waals surface area (Å²) in [5, 5.41) is 0. The summed E-state index contributed by atoms with van der Waals surface area (Å²) in [6.07, 6.45) is 7.92. The van der Waals surface area contributed by atoms with Crippen LogP contribution in [-0.4, -0.2) is 56.8 Å². The highest BCUT2D eigenvalue weighted by Gasteiger charge is 2.30. The fourth-order valence-corrected chi connectivity index (χ4v) is 5.46. The Hall–Kier alpha value is -2.35. The lowest BCUT2D eigenvalue weighted by Gasteiger charge is -2.28. The van der Waals surface area contributed by atoms with E-state index in [0.717, 1.165) is 11.0 Å². The van der Waals surface area contributed by atoms with Crippen LogP contribution < -0.4 is 14.3 Å². The molecule has 10 heteroatoms. The molecule has 1 saturated heterocycles. The number of hydrogen-bond donors (Lipinski definition) is 0. The number of carbonyl (C=O) groups is 1. The predicted molar refractivity (Wildman–Crippen MR) is 111 cm³/mol. The Balaban J connectivity index is 2.09. The summed E-state index contributed by atoms with van der Waals surface area (Å²) in [5.74, 6) is 2.98. The van der Waals surface area contributed by atoms with Crippen molar-refractivity contribution in [1.82, 2.24) is 8.87 Å². The van der Waals surface area contributed by atoms with Gasteiger partial charge in [0.25, 0.3) is 5.91 Å². The summed E-state index contributed by atoms with van der Waals surface area (Å²) >= 11 is 1.29. The summed E-state index contributed by atoms with van der Waals surface area (Å²) in [6, 6.07) is 3.56. The number of fused-ring (bicyclic) bond motifs is 1. The van der Waals surface area contributed by atoms with Gasteiger partial charge in [0.1, 0.15) is 21.7 Å². The van der Waals surface area contributed by atoms with Gasteiger partial charge in [0.15, 0.2) is 4.80 Å². The van der Waals surface area contributed by atoms with Gasteiger partial charge in [0.05, 0.1) is 32.9 Å². The average Bonchev–Trinajstić information content (AvgIpc) is 3.05. The predicted octanol–water partition coefficient (Wildman–Crippen LogP) is 1.45. The van der Waals surface area contributed by atoms with Crippen LogP contribution in [0.1, 0.15) is 12.8 Å². The molecule has 8 nitrogen and oxygen atoms in total. The molecule has 1 aliphatic rings. The van der Waals surface area contributed by atoms with Crippen molar-refractivity contribution in [3.63, 3.8) is 0 Å². The van der Waals surface area contributed by atoms with E-state index in [2.05, 4.69) is 10.9 Å². The molecule has 1 atom stereocenters. The number of thiazole rings is 1. The fourth-order valence-electron chi connectivity index (χ4n) is 3.41. The summed E-state index contributed by atoms with van der Waals surface area (Å²) < 4.78 is 38.4. The number of benzene rings is 1. The molecule has 1 unspecified atom stereocenters. The molecule has 1 fully saturated rings. The molecule has 1 aliphatic heterocycles. The highest BCUT2D eigenvalue weighted by atomic mass is 32.2. The number of methoxy groups -OCH3 is 2. The molecule has 0 radical (unpaired) electrons. The van der Waals surface area contributed by atoms with E-state index in [0.29, 0.717) is 41.2 Å². The highest BCUT2D eigenvalue weighted by Crippen LogP contribution is 2.35. The third kappa shape index (κ3) is 4.32. The van der Waals surface area contributed by atoms with Crippen molar-refractivity contribution in [2.24, 2.45) is 10.9 Å². The second kappa shape index (κ2) is 8.57. The molecular weight excluding hydrogens is 414 g/mol. The average molecular weight is 438 g/mol. The molecule has 2 heterocycles. The second-order valence-corrected chi connectivity index (χ2v) is 9.69. The van der Waals surface area contributed by atoms with Gasteiger partial charge in [-0.05, 0) is 25.0 Å². The lowest BCUT2D eigenvalue weighted by Crippen LogP contribution is -2.41. The molecule has 0 saturated carbocycles. The van der Waals surface area contributed by atoms with Gasteiger partial charge in [-0.1, -0.05) is 17.3 Å². The number of piperidine rings is 1. The third-order valence-corrected chi connectivity index (χ3v) is 7.21. The quantitative estimate of drug-likeness (QED) is 0.661. The first-order chi connectivity index (χ1) is 13.8. The number of terminal acetylenes is 1. The fraction of sp³-hybridized carbons (Fsp3) is 0.474. The van der Waals surface area contributed by atoms with Crippen molar-refractivity contribution < 1.29 is 22.7 Å². The number of aromatic nitrogens is 1. The molecule has 2 aromatic rings. The smallest absolute Gasteiger partial charge is 0.252 e. The van der Waals surface area contributed by atoms with Gasteiger partial charge in [-0.15, -0.1) is 6.42 Å². The Kier molecular flexibility index (Phi) is 6.31. The van der Waals surface area contributed by atoms with Crippen LogP contribution in [0.2, 0.25) is 0 Å². The normalized spacial score (nSPS) is 18.6. The highest BCUT2D eigenvalue weighted by molar-refractivity contribution is 7.88. The van der Waals surface area contributed by atoms with Gasteiger partial charge in [-0.25, -0.2) is 12.7 Å². The Morgan fingerprint density at radius 1 is 1.34 bits per heavy atom. The van der Waals surface area contributed by atoms with Crippen LogP contribution in [0.4, 0.5) is 0 Å². The SMILES string of the molecule is C#CCn1c(=NC(=O)C2CCCN(S(C)(=O)=O)C2)sc2c(OC)ccc(OC)c21. The molecule has 1 aromatic carbocycles. The third-order valence-electron chi connectivity index (χ3n) is 4.85. The van der Waals surface area contributed by atoms with E-state index in [4.69, 9.17) is 15.9 Å². The number of nitrogens with zero attached hydrogens (tertiary/aromatic N) is 3. The molecule has 1 amide bonds. The van der Waals surface area contributed by atoms with E-state index in [1.165, 1.54) is 15.6 Å². The van der Waals surface area contributed by atoms with Crippen LogP contribution in [-0.2, 0) is 21.4 Å². The molecular formula is C19H23N3O5S2. The van der Waals surface area contributed by atoms with Crippen molar-refractivity contribution in [3.05, 3.63) is 16.9 Å². The zero-order valence-electron chi connectivity index (χ0n) is 16.5.